The Morgan fingerprint density at radius 2 is 2.14 bits per heavy atom. The highest BCUT2D eigenvalue weighted by atomic mass is 32.1. The first-order valence-electron chi connectivity index (χ1n) is 6.19. The topological polar surface area (TPSA) is 124 Å². The predicted molar refractivity (Wildman–Crippen MR) is 80.0 cm³/mol. The van der Waals surface area contributed by atoms with Gasteiger partial charge in [0.2, 0.25) is 5.78 Å². The number of hydrogen-bond donors (Lipinski definition) is 2. The number of aromatic nitrogens is 2. The SMILES string of the molecule is Cn1c(N)c(C(=O)COC(=O)Cc2ccsc2)c(=O)[nH]c1=O. The zero-order valence-corrected chi connectivity index (χ0v) is 12.4. The minimum absolute atomic E-state index is 0.0376. The lowest BCUT2D eigenvalue weighted by Gasteiger charge is -2.08. The molecule has 0 atom stereocenters. The molecule has 22 heavy (non-hydrogen) atoms. The van der Waals surface area contributed by atoms with E-state index >= 15 is 0 Å². The number of nitrogens with one attached hydrogen (secondary N) is 1. The smallest absolute Gasteiger partial charge is 0.329 e. The van der Waals surface area contributed by atoms with Crippen LogP contribution in [0.3, 0.4) is 0 Å². The number of hydrogen-bond acceptors (Lipinski definition) is 7. The number of carbonyl (C=O) groups excluding carboxylic acids is 2. The number of anilines is 1. The summed E-state index contributed by atoms with van der Waals surface area (Å²) in [5.74, 6) is -1.63. The zero-order valence-electron chi connectivity index (χ0n) is 11.6. The van der Waals surface area contributed by atoms with E-state index in [0.717, 1.165) is 10.1 Å². The van der Waals surface area contributed by atoms with Gasteiger partial charge in [-0.15, -0.1) is 0 Å². The van der Waals surface area contributed by atoms with Gasteiger partial charge in [-0.1, -0.05) is 0 Å². The molecule has 116 valence electrons. The summed E-state index contributed by atoms with van der Waals surface area (Å²) in [4.78, 5) is 48.5. The van der Waals surface area contributed by atoms with Crippen LogP contribution in [0.25, 0.3) is 0 Å². The van der Waals surface area contributed by atoms with Crippen LogP contribution >= 0.6 is 11.3 Å². The van der Waals surface area contributed by atoms with Crippen LogP contribution in [0.15, 0.2) is 26.4 Å². The first-order valence-corrected chi connectivity index (χ1v) is 7.13. The van der Waals surface area contributed by atoms with E-state index in [0.29, 0.717) is 0 Å². The summed E-state index contributed by atoms with van der Waals surface area (Å²) in [7, 11) is 1.31. The average Bonchev–Trinajstić information content (AvgIpc) is 2.95. The number of H-pyrrole nitrogens is 1. The number of thiophene rings is 1. The predicted octanol–water partition coefficient (Wildman–Crippen LogP) is -0.314. The van der Waals surface area contributed by atoms with E-state index in [9.17, 15) is 19.2 Å². The van der Waals surface area contributed by atoms with Crippen LogP contribution in [0.2, 0.25) is 0 Å². The Bertz CT molecular complexity index is 819. The number of carbonyl (C=O) groups is 2. The summed E-state index contributed by atoms with van der Waals surface area (Å²) in [5, 5.41) is 3.61. The van der Waals surface area contributed by atoms with Crippen molar-refractivity contribution in [1.82, 2.24) is 9.55 Å². The minimum atomic E-state index is -0.903. The fourth-order valence-electron chi connectivity index (χ4n) is 1.74. The molecule has 2 heterocycles. The van der Waals surface area contributed by atoms with Crippen LogP contribution in [-0.2, 0) is 23.0 Å². The Labute approximate surface area is 128 Å². The third kappa shape index (κ3) is 3.31. The molecule has 0 amide bonds. The van der Waals surface area contributed by atoms with Crippen molar-refractivity contribution in [2.75, 3.05) is 12.3 Å². The highest BCUT2D eigenvalue weighted by Gasteiger charge is 2.19. The van der Waals surface area contributed by atoms with Crippen molar-refractivity contribution in [3.8, 4) is 0 Å². The van der Waals surface area contributed by atoms with Gasteiger partial charge in [0, 0.05) is 7.05 Å². The Hall–Kier alpha value is -2.68. The van der Waals surface area contributed by atoms with Crippen LogP contribution in [0.4, 0.5) is 5.82 Å². The largest absolute Gasteiger partial charge is 0.457 e. The monoisotopic (exact) mass is 323 g/mol. The summed E-state index contributed by atoms with van der Waals surface area (Å²) < 4.78 is 5.76. The minimum Gasteiger partial charge on any atom is -0.457 e. The zero-order chi connectivity index (χ0) is 16.3. The van der Waals surface area contributed by atoms with Crippen LogP contribution < -0.4 is 17.0 Å². The van der Waals surface area contributed by atoms with E-state index in [1.807, 2.05) is 10.4 Å². The molecular weight excluding hydrogens is 310 g/mol. The molecule has 0 unspecified atom stereocenters. The fraction of sp³-hybridized carbons (Fsp3) is 0.231. The number of aromatic amines is 1. The van der Waals surface area contributed by atoms with Crippen molar-refractivity contribution in [1.29, 1.82) is 0 Å². The molecule has 0 aliphatic rings. The Balaban J connectivity index is 2.07. The normalized spacial score (nSPS) is 10.4. The van der Waals surface area contributed by atoms with Gasteiger partial charge in [0.25, 0.3) is 5.56 Å². The third-order valence-electron chi connectivity index (χ3n) is 2.94. The van der Waals surface area contributed by atoms with Crippen LogP contribution in [-0.4, -0.2) is 27.9 Å². The number of nitrogen functional groups attached to an aromatic ring is 1. The number of ketones is 1. The molecule has 2 rings (SSSR count). The molecule has 0 aliphatic carbocycles. The molecule has 2 aromatic heterocycles. The van der Waals surface area contributed by atoms with Crippen LogP contribution in [0.1, 0.15) is 15.9 Å². The number of ether oxygens (including phenoxy) is 1. The van der Waals surface area contributed by atoms with Crippen molar-refractivity contribution in [2.45, 2.75) is 6.42 Å². The second-order valence-corrected chi connectivity index (χ2v) is 5.25. The molecule has 0 spiro atoms. The highest BCUT2D eigenvalue weighted by Crippen LogP contribution is 2.08. The van der Waals surface area contributed by atoms with Crippen molar-refractivity contribution >= 4 is 28.9 Å². The van der Waals surface area contributed by atoms with E-state index < -0.39 is 35.2 Å². The van der Waals surface area contributed by atoms with Gasteiger partial charge in [-0.05, 0) is 22.4 Å². The van der Waals surface area contributed by atoms with Crippen LogP contribution in [0, 0.1) is 0 Å². The molecule has 8 nitrogen and oxygen atoms in total. The molecule has 0 bridgehead atoms. The van der Waals surface area contributed by atoms with Crippen molar-refractivity contribution in [3.05, 3.63) is 48.8 Å². The molecule has 0 fully saturated rings. The Morgan fingerprint density at radius 3 is 2.77 bits per heavy atom. The summed E-state index contributed by atoms with van der Waals surface area (Å²) in [6.07, 6.45) is 0.0376. The van der Waals surface area contributed by atoms with Gasteiger partial charge in [0.15, 0.2) is 6.61 Å². The van der Waals surface area contributed by atoms with E-state index in [2.05, 4.69) is 0 Å². The van der Waals surface area contributed by atoms with Gasteiger partial charge >= 0.3 is 11.7 Å². The van der Waals surface area contributed by atoms with Gasteiger partial charge < -0.3 is 10.5 Å². The molecule has 2 aromatic rings. The molecule has 0 aliphatic heterocycles. The number of nitrogens with zero attached hydrogens (tertiary/aromatic N) is 1. The van der Waals surface area contributed by atoms with Crippen molar-refractivity contribution in [2.24, 2.45) is 7.05 Å². The number of Topliss-reactive ketones (excluding diaryl/α,β-unsaturated/α-hetero) is 1. The lowest BCUT2D eigenvalue weighted by atomic mass is 10.2. The van der Waals surface area contributed by atoms with Crippen molar-refractivity contribution < 1.29 is 14.3 Å². The average molecular weight is 323 g/mol. The number of esters is 1. The van der Waals surface area contributed by atoms with Gasteiger partial charge in [0.05, 0.1) is 6.42 Å². The van der Waals surface area contributed by atoms with Gasteiger partial charge in [-0.3, -0.25) is 23.9 Å². The van der Waals surface area contributed by atoms with Gasteiger partial charge in [0.1, 0.15) is 11.4 Å². The van der Waals surface area contributed by atoms with E-state index in [4.69, 9.17) is 10.5 Å². The summed E-state index contributed by atoms with van der Waals surface area (Å²) in [6.45, 7) is -0.617. The Kier molecular flexibility index (Phi) is 4.56. The molecule has 0 saturated carbocycles. The van der Waals surface area contributed by atoms with Crippen molar-refractivity contribution in [3.63, 3.8) is 0 Å². The quantitative estimate of drug-likeness (QED) is 0.574. The van der Waals surface area contributed by atoms with Crippen LogP contribution in [0.5, 0.6) is 0 Å². The first kappa shape index (κ1) is 15.7. The van der Waals surface area contributed by atoms with E-state index in [1.165, 1.54) is 18.4 Å². The van der Waals surface area contributed by atoms with Gasteiger partial charge in [-0.2, -0.15) is 11.3 Å². The Morgan fingerprint density at radius 1 is 1.41 bits per heavy atom. The van der Waals surface area contributed by atoms with E-state index in [1.54, 1.807) is 11.4 Å². The molecule has 9 heteroatoms. The fourth-order valence-corrected chi connectivity index (χ4v) is 2.40. The maximum atomic E-state index is 12.0. The summed E-state index contributed by atoms with van der Waals surface area (Å²) in [6, 6.07) is 1.77. The molecule has 0 saturated heterocycles. The summed E-state index contributed by atoms with van der Waals surface area (Å²) >= 11 is 1.44. The standard InChI is InChI=1S/C13H13N3O5S/c1-16-11(14)10(12(19)15-13(16)20)8(17)5-21-9(18)4-7-2-3-22-6-7/h2-3,6H,4-5,14H2,1H3,(H,15,19,20). The highest BCUT2D eigenvalue weighted by molar-refractivity contribution is 7.07. The third-order valence-corrected chi connectivity index (χ3v) is 3.67. The first-order chi connectivity index (χ1) is 10.4. The molecule has 0 aromatic carbocycles. The number of nitrogens with two attached hydrogens (primary N) is 1. The molecule has 0 radical (unpaired) electrons. The van der Waals surface area contributed by atoms with Gasteiger partial charge in [-0.25, -0.2) is 4.79 Å². The van der Waals surface area contributed by atoms with E-state index in [-0.39, 0.29) is 12.2 Å². The molecular formula is C13H13N3O5S. The maximum absolute atomic E-state index is 12.0. The second-order valence-electron chi connectivity index (χ2n) is 4.47. The number of rotatable bonds is 5. The lowest BCUT2D eigenvalue weighted by molar-refractivity contribution is -0.141. The molecule has 3 N–H and O–H groups in total. The summed E-state index contributed by atoms with van der Waals surface area (Å²) in [5.41, 5.74) is 4.33. The lowest BCUT2D eigenvalue weighted by Crippen LogP contribution is -2.35. The second kappa shape index (κ2) is 6.39. The maximum Gasteiger partial charge on any atom is 0.329 e.